The first-order chi connectivity index (χ1) is 15.7. The molecular weight excluding hydrogens is 456 g/mol. The van der Waals surface area contributed by atoms with Crippen molar-refractivity contribution >= 4 is 35.0 Å². The third-order valence-corrected chi connectivity index (χ3v) is 6.88. The summed E-state index contributed by atoms with van der Waals surface area (Å²) in [5.41, 5.74) is 2.09. The summed E-state index contributed by atoms with van der Waals surface area (Å²) in [6.45, 7) is 8.67. The lowest BCUT2D eigenvalue weighted by Crippen LogP contribution is -2.23. The van der Waals surface area contributed by atoms with Crippen molar-refractivity contribution in [2.45, 2.75) is 69.0 Å². The number of hydrogen-bond acceptors (Lipinski definition) is 5. The van der Waals surface area contributed by atoms with Gasteiger partial charge in [0.05, 0.1) is 10.3 Å². The molecule has 1 aromatic heterocycles. The van der Waals surface area contributed by atoms with Crippen molar-refractivity contribution in [2.24, 2.45) is 0 Å². The van der Waals surface area contributed by atoms with Crippen LogP contribution in [0.2, 0.25) is 5.02 Å². The van der Waals surface area contributed by atoms with E-state index in [-0.39, 0.29) is 23.2 Å². The van der Waals surface area contributed by atoms with Crippen LogP contribution in [0.25, 0.3) is 0 Å². The summed E-state index contributed by atoms with van der Waals surface area (Å²) in [6.07, 6.45) is 2.15. The molecule has 1 N–H and O–H groups in total. The van der Waals surface area contributed by atoms with Crippen LogP contribution in [0.3, 0.4) is 0 Å². The van der Waals surface area contributed by atoms with Crippen LogP contribution >= 0.6 is 23.4 Å². The molecular formula is C25H29ClN4O2S. The van der Waals surface area contributed by atoms with Crippen LogP contribution in [0.4, 0.5) is 5.69 Å². The van der Waals surface area contributed by atoms with Crippen LogP contribution in [-0.4, -0.2) is 25.9 Å². The molecule has 8 heteroatoms. The molecule has 174 valence electrons. The van der Waals surface area contributed by atoms with E-state index >= 15 is 0 Å². The third-order valence-electron chi connectivity index (χ3n) is 5.51. The van der Waals surface area contributed by atoms with Gasteiger partial charge in [-0.25, -0.2) is 0 Å². The van der Waals surface area contributed by atoms with Gasteiger partial charge in [-0.3, -0.25) is 9.36 Å². The third kappa shape index (κ3) is 5.89. The molecule has 3 aromatic rings. The van der Waals surface area contributed by atoms with Crippen LogP contribution in [0.15, 0.2) is 53.7 Å². The first-order valence-electron chi connectivity index (χ1n) is 11.1. The van der Waals surface area contributed by atoms with Crippen LogP contribution in [0, 0.1) is 0 Å². The van der Waals surface area contributed by atoms with E-state index < -0.39 is 0 Å². The minimum absolute atomic E-state index is 0.0669. The van der Waals surface area contributed by atoms with Gasteiger partial charge < -0.3 is 10.1 Å². The zero-order chi connectivity index (χ0) is 23.6. The molecule has 6 nitrogen and oxygen atoms in total. The van der Waals surface area contributed by atoms with Gasteiger partial charge in [-0.15, -0.1) is 10.2 Å². The van der Waals surface area contributed by atoms with Crippen molar-refractivity contribution in [3.05, 3.63) is 64.9 Å². The van der Waals surface area contributed by atoms with Crippen LogP contribution in [-0.2, 0) is 16.8 Å². The van der Waals surface area contributed by atoms with Gasteiger partial charge in [-0.05, 0) is 55.0 Å². The molecule has 0 saturated heterocycles. The summed E-state index contributed by atoms with van der Waals surface area (Å²) >= 11 is 7.61. The lowest BCUT2D eigenvalue weighted by Gasteiger charge is -2.19. The maximum Gasteiger partial charge on any atom is 0.237 e. The van der Waals surface area contributed by atoms with Gasteiger partial charge in [0.15, 0.2) is 11.0 Å². The molecule has 0 aliphatic heterocycles. The van der Waals surface area contributed by atoms with E-state index in [9.17, 15) is 4.79 Å². The Bertz CT molecular complexity index is 1120. The van der Waals surface area contributed by atoms with Crippen molar-refractivity contribution in [3.8, 4) is 5.75 Å². The monoisotopic (exact) mass is 484 g/mol. The number of amides is 1. The molecule has 1 saturated carbocycles. The topological polar surface area (TPSA) is 69.0 Å². The molecule has 0 radical (unpaired) electrons. The quantitative estimate of drug-likeness (QED) is 0.382. The SMILES string of the molecule is CC(Sc1nnc(COc2ccccc2Cl)n1C1CC1)C(=O)Nc1ccc(C(C)(C)C)cc1. The Hall–Kier alpha value is -2.51. The molecule has 33 heavy (non-hydrogen) atoms. The smallest absolute Gasteiger partial charge is 0.237 e. The number of para-hydroxylation sites is 1. The minimum atomic E-state index is -0.327. The van der Waals surface area contributed by atoms with E-state index in [1.807, 2.05) is 37.3 Å². The standard InChI is InChI=1S/C25H29ClN4O2S/c1-16(23(31)27-18-11-9-17(10-12-18)25(2,3)4)33-24-29-28-22(30(24)19-13-14-19)15-32-21-8-6-5-7-20(21)26/h5-12,16,19H,13-15H2,1-4H3,(H,27,31). The van der Waals surface area contributed by atoms with E-state index in [1.165, 1.54) is 17.3 Å². The second-order valence-electron chi connectivity index (χ2n) is 9.30. The zero-order valence-corrected chi connectivity index (χ0v) is 20.9. The highest BCUT2D eigenvalue weighted by Crippen LogP contribution is 2.40. The van der Waals surface area contributed by atoms with E-state index in [1.54, 1.807) is 6.07 Å². The summed E-state index contributed by atoms with van der Waals surface area (Å²) in [6, 6.07) is 15.7. The Balaban J connectivity index is 1.41. The molecule has 1 fully saturated rings. The maximum absolute atomic E-state index is 12.8. The summed E-state index contributed by atoms with van der Waals surface area (Å²) < 4.78 is 7.98. The largest absolute Gasteiger partial charge is 0.484 e. The van der Waals surface area contributed by atoms with Gasteiger partial charge in [-0.1, -0.05) is 68.4 Å². The predicted molar refractivity (Wildman–Crippen MR) is 133 cm³/mol. The molecule has 0 bridgehead atoms. The Labute approximate surface area is 204 Å². The first-order valence-corrected chi connectivity index (χ1v) is 12.4. The zero-order valence-electron chi connectivity index (χ0n) is 19.3. The predicted octanol–water partition coefficient (Wildman–Crippen LogP) is 6.26. The lowest BCUT2D eigenvalue weighted by molar-refractivity contribution is -0.115. The number of nitrogens with zero attached hydrogens (tertiary/aromatic N) is 3. The molecule has 2 aromatic carbocycles. The number of halogens is 1. The second kappa shape index (κ2) is 9.77. The lowest BCUT2D eigenvalue weighted by atomic mass is 9.87. The number of nitrogens with one attached hydrogen (secondary N) is 1. The molecule has 1 aliphatic carbocycles. The molecule has 1 aliphatic rings. The summed E-state index contributed by atoms with van der Waals surface area (Å²) in [4.78, 5) is 12.8. The average Bonchev–Trinajstić information content (AvgIpc) is 3.53. The van der Waals surface area contributed by atoms with Crippen molar-refractivity contribution in [1.82, 2.24) is 14.8 Å². The van der Waals surface area contributed by atoms with Gasteiger partial charge in [0.2, 0.25) is 5.91 Å². The van der Waals surface area contributed by atoms with E-state index in [2.05, 4.69) is 53.0 Å². The highest BCUT2D eigenvalue weighted by atomic mass is 35.5. The van der Waals surface area contributed by atoms with E-state index in [0.29, 0.717) is 16.8 Å². The van der Waals surface area contributed by atoms with Crippen LogP contribution in [0.1, 0.15) is 58.0 Å². The fourth-order valence-corrected chi connectivity index (χ4v) is 4.53. The normalized spacial score (nSPS) is 14.7. The fraction of sp³-hybridized carbons (Fsp3) is 0.400. The minimum Gasteiger partial charge on any atom is -0.484 e. The number of ether oxygens (including phenoxy) is 1. The van der Waals surface area contributed by atoms with Crippen molar-refractivity contribution in [1.29, 1.82) is 0 Å². The summed E-state index contributed by atoms with van der Waals surface area (Å²) in [7, 11) is 0. The number of benzene rings is 2. The van der Waals surface area contributed by atoms with Crippen molar-refractivity contribution < 1.29 is 9.53 Å². The molecule has 1 heterocycles. The second-order valence-corrected chi connectivity index (χ2v) is 11.0. The van der Waals surface area contributed by atoms with E-state index in [0.717, 1.165) is 29.5 Å². The Kier molecular flexibility index (Phi) is 7.00. The molecule has 1 unspecified atom stereocenters. The Morgan fingerprint density at radius 3 is 2.52 bits per heavy atom. The first kappa shape index (κ1) is 23.6. The van der Waals surface area contributed by atoms with Crippen molar-refractivity contribution in [2.75, 3.05) is 5.32 Å². The highest BCUT2D eigenvalue weighted by molar-refractivity contribution is 8.00. The Morgan fingerprint density at radius 1 is 1.18 bits per heavy atom. The summed E-state index contributed by atoms with van der Waals surface area (Å²) in [5.74, 6) is 1.29. The Morgan fingerprint density at radius 2 is 1.88 bits per heavy atom. The number of hydrogen-bond donors (Lipinski definition) is 1. The number of thioether (sulfide) groups is 1. The van der Waals surface area contributed by atoms with Gasteiger partial charge >= 0.3 is 0 Å². The van der Waals surface area contributed by atoms with Crippen molar-refractivity contribution in [3.63, 3.8) is 0 Å². The molecule has 0 spiro atoms. The van der Waals surface area contributed by atoms with Gasteiger partial charge in [0.25, 0.3) is 0 Å². The number of carbonyl (C=O) groups excluding carboxylic acids is 1. The van der Waals surface area contributed by atoms with E-state index in [4.69, 9.17) is 16.3 Å². The fourth-order valence-electron chi connectivity index (χ4n) is 3.40. The number of rotatable bonds is 8. The maximum atomic E-state index is 12.8. The molecule has 4 rings (SSSR count). The molecule has 1 atom stereocenters. The number of aromatic nitrogens is 3. The van der Waals surface area contributed by atoms with Crippen LogP contribution in [0.5, 0.6) is 5.75 Å². The number of carbonyl (C=O) groups is 1. The van der Waals surface area contributed by atoms with Gasteiger partial charge in [-0.2, -0.15) is 0 Å². The molecule has 1 amide bonds. The number of anilines is 1. The van der Waals surface area contributed by atoms with Gasteiger partial charge in [0, 0.05) is 11.7 Å². The summed E-state index contributed by atoms with van der Waals surface area (Å²) in [5, 5.41) is 12.7. The van der Waals surface area contributed by atoms with Gasteiger partial charge in [0.1, 0.15) is 12.4 Å². The highest BCUT2D eigenvalue weighted by Gasteiger charge is 2.31. The average molecular weight is 485 g/mol. The van der Waals surface area contributed by atoms with Crippen LogP contribution < -0.4 is 10.1 Å².